The van der Waals surface area contributed by atoms with Crippen molar-refractivity contribution in [1.82, 2.24) is 0 Å². The van der Waals surface area contributed by atoms with Crippen LogP contribution in [0.4, 0.5) is 5.69 Å². The van der Waals surface area contributed by atoms with Crippen molar-refractivity contribution in [3.8, 4) is 0 Å². The van der Waals surface area contributed by atoms with Crippen LogP contribution in [0.2, 0.25) is 5.02 Å². The van der Waals surface area contributed by atoms with Crippen LogP contribution in [0.25, 0.3) is 0 Å². The zero-order valence-electron chi connectivity index (χ0n) is 11.0. The average Bonchev–Trinajstić information content (AvgIpc) is 2.53. The maximum Gasteiger partial charge on any atom is 0.0645 e. The molecule has 0 spiro atoms. The minimum absolute atomic E-state index is 0.122. The van der Waals surface area contributed by atoms with Crippen molar-refractivity contribution in [3.63, 3.8) is 0 Å². The molecule has 2 unspecified atom stereocenters. The second-order valence-corrected chi connectivity index (χ2v) is 6.24. The lowest BCUT2D eigenvalue weighted by Gasteiger charge is -2.40. The molecule has 2 aliphatic rings. The van der Waals surface area contributed by atoms with Gasteiger partial charge in [0.15, 0.2) is 0 Å². The Kier molecular flexibility index (Phi) is 3.03. The van der Waals surface area contributed by atoms with Crippen molar-refractivity contribution >= 4 is 17.3 Å². The van der Waals surface area contributed by atoms with Gasteiger partial charge in [-0.2, -0.15) is 0 Å². The summed E-state index contributed by atoms with van der Waals surface area (Å²) in [4.78, 5) is 2.48. The monoisotopic (exact) mass is 265 g/mol. The van der Waals surface area contributed by atoms with Gasteiger partial charge in [-0.15, -0.1) is 0 Å². The molecule has 0 aromatic heterocycles. The maximum atomic E-state index is 9.88. The molecule has 2 nitrogen and oxygen atoms in total. The number of aryl methyl sites for hydroxylation is 2. The smallest absolute Gasteiger partial charge is 0.0645 e. The number of hydrogen-bond acceptors (Lipinski definition) is 2. The van der Waals surface area contributed by atoms with Crippen LogP contribution in [0, 0.1) is 13.8 Å². The highest BCUT2D eigenvalue weighted by molar-refractivity contribution is 6.33. The van der Waals surface area contributed by atoms with Crippen LogP contribution in [0.1, 0.15) is 36.8 Å². The highest BCUT2D eigenvalue weighted by atomic mass is 35.5. The average molecular weight is 266 g/mol. The van der Waals surface area contributed by atoms with Crippen molar-refractivity contribution < 1.29 is 5.11 Å². The van der Waals surface area contributed by atoms with Gasteiger partial charge in [-0.3, -0.25) is 0 Å². The number of fused-ring (bicyclic) bond motifs is 2. The molecule has 98 valence electrons. The van der Waals surface area contributed by atoms with E-state index in [0.717, 1.165) is 17.9 Å². The van der Waals surface area contributed by atoms with Gasteiger partial charge in [0.05, 0.1) is 16.8 Å². The minimum Gasteiger partial charge on any atom is -0.393 e. The Bertz CT molecular complexity index is 437. The topological polar surface area (TPSA) is 23.5 Å². The molecule has 3 heteroatoms. The Hall–Kier alpha value is -0.730. The number of aliphatic hydroxyl groups is 1. The number of piperidine rings is 1. The predicted octanol–water partition coefficient (Wildman–Crippen LogP) is 3.45. The molecule has 3 rings (SSSR count). The fourth-order valence-electron chi connectivity index (χ4n) is 3.75. The molecular weight excluding hydrogens is 246 g/mol. The van der Waals surface area contributed by atoms with Crippen LogP contribution in [-0.2, 0) is 0 Å². The van der Waals surface area contributed by atoms with Crippen molar-refractivity contribution in [2.45, 2.75) is 57.7 Å². The molecule has 0 saturated carbocycles. The molecule has 2 saturated heterocycles. The summed E-state index contributed by atoms with van der Waals surface area (Å²) in [5.41, 5.74) is 3.67. The van der Waals surface area contributed by atoms with Crippen LogP contribution < -0.4 is 4.90 Å². The van der Waals surface area contributed by atoms with Gasteiger partial charge in [-0.25, -0.2) is 0 Å². The summed E-state index contributed by atoms with van der Waals surface area (Å²) in [6.07, 6.45) is 4.03. The molecule has 0 radical (unpaired) electrons. The van der Waals surface area contributed by atoms with Gasteiger partial charge in [0.25, 0.3) is 0 Å². The van der Waals surface area contributed by atoms with Crippen LogP contribution in [0.5, 0.6) is 0 Å². The fourth-order valence-corrected chi connectivity index (χ4v) is 4.17. The van der Waals surface area contributed by atoms with E-state index < -0.39 is 0 Å². The first kappa shape index (κ1) is 12.3. The van der Waals surface area contributed by atoms with Crippen molar-refractivity contribution in [2.24, 2.45) is 0 Å². The summed E-state index contributed by atoms with van der Waals surface area (Å²) in [6.45, 7) is 4.22. The van der Waals surface area contributed by atoms with E-state index in [-0.39, 0.29) is 6.10 Å². The molecule has 2 aliphatic heterocycles. The van der Waals surface area contributed by atoms with Gasteiger partial charge < -0.3 is 10.0 Å². The number of nitrogens with zero attached hydrogens (tertiary/aromatic N) is 1. The number of hydrogen-bond donors (Lipinski definition) is 1. The van der Waals surface area contributed by atoms with Crippen molar-refractivity contribution in [1.29, 1.82) is 0 Å². The Labute approximate surface area is 114 Å². The molecule has 2 fully saturated rings. The second kappa shape index (κ2) is 4.43. The molecule has 0 aliphatic carbocycles. The first-order valence-electron chi connectivity index (χ1n) is 6.79. The van der Waals surface area contributed by atoms with Gasteiger partial charge in [0.2, 0.25) is 0 Å². The molecule has 2 atom stereocenters. The van der Waals surface area contributed by atoms with E-state index in [1.807, 2.05) is 6.07 Å². The van der Waals surface area contributed by atoms with E-state index in [1.165, 1.54) is 29.7 Å². The van der Waals surface area contributed by atoms with E-state index in [1.54, 1.807) is 0 Å². The molecule has 2 bridgehead atoms. The van der Waals surface area contributed by atoms with Crippen LogP contribution in [0.3, 0.4) is 0 Å². The zero-order chi connectivity index (χ0) is 12.9. The van der Waals surface area contributed by atoms with Crippen LogP contribution in [-0.4, -0.2) is 23.3 Å². The first-order chi connectivity index (χ1) is 8.56. The second-order valence-electron chi connectivity index (χ2n) is 5.83. The van der Waals surface area contributed by atoms with Gasteiger partial charge in [0.1, 0.15) is 0 Å². The molecule has 18 heavy (non-hydrogen) atoms. The van der Waals surface area contributed by atoms with E-state index in [4.69, 9.17) is 11.6 Å². The fraction of sp³-hybridized carbons (Fsp3) is 0.600. The molecule has 1 aromatic carbocycles. The number of aliphatic hydroxyl groups excluding tert-OH is 1. The number of anilines is 1. The van der Waals surface area contributed by atoms with Gasteiger partial charge >= 0.3 is 0 Å². The first-order valence-corrected chi connectivity index (χ1v) is 7.17. The van der Waals surface area contributed by atoms with Crippen LogP contribution in [0.15, 0.2) is 12.1 Å². The Morgan fingerprint density at radius 3 is 2.33 bits per heavy atom. The SMILES string of the molecule is Cc1cc(C)c(N2C3CCC2CC(O)C3)c(Cl)c1. The molecule has 0 amide bonds. The highest BCUT2D eigenvalue weighted by Gasteiger charge is 2.41. The van der Waals surface area contributed by atoms with Crippen molar-refractivity contribution in [2.75, 3.05) is 4.90 Å². The number of benzene rings is 1. The van der Waals surface area contributed by atoms with Crippen LogP contribution >= 0.6 is 11.6 Å². The van der Waals surface area contributed by atoms with E-state index in [2.05, 4.69) is 24.8 Å². The van der Waals surface area contributed by atoms with E-state index >= 15 is 0 Å². The zero-order valence-corrected chi connectivity index (χ0v) is 11.7. The Morgan fingerprint density at radius 1 is 1.17 bits per heavy atom. The van der Waals surface area contributed by atoms with E-state index in [0.29, 0.717) is 12.1 Å². The summed E-state index contributed by atoms with van der Waals surface area (Å²) in [5, 5.41) is 10.7. The quantitative estimate of drug-likeness (QED) is 0.841. The third-order valence-corrected chi connectivity index (χ3v) is 4.65. The van der Waals surface area contributed by atoms with Gasteiger partial charge in [0, 0.05) is 12.1 Å². The number of rotatable bonds is 1. The molecule has 1 N–H and O–H groups in total. The summed E-state index contributed by atoms with van der Waals surface area (Å²) >= 11 is 6.46. The molecule has 2 heterocycles. The summed E-state index contributed by atoms with van der Waals surface area (Å²) in [6, 6.07) is 5.19. The maximum absolute atomic E-state index is 9.88. The predicted molar refractivity (Wildman–Crippen MR) is 75.5 cm³/mol. The third-order valence-electron chi connectivity index (χ3n) is 4.36. The van der Waals surface area contributed by atoms with E-state index in [9.17, 15) is 5.11 Å². The Morgan fingerprint density at radius 2 is 1.78 bits per heavy atom. The standard InChI is InChI=1S/C15H20ClNO/c1-9-5-10(2)15(14(16)6-9)17-11-3-4-12(17)8-13(18)7-11/h5-6,11-13,18H,3-4,7-8H2,1-2H3. The lowest BCUT2D eigenvalue weighted by molar-refractivity contribution is 0.126. The summed E-state index contributed by atoms with van der Waals surface area (Å²) in [7, 11) is 0. The normalized spacial score (nSPS) is 30.9. The van der Waals surface area contributed by atoms with Gasteiger partial charge in [-0.1, -0.05) is 17.7 Å². The van der Waals surface area contributed by atoms with Crippen molar-refractivity contribution in [3.05, 3.63) is 28.3 Å². The number of halogens is 1. The molecular formula is C15H20ClNO. The Balaban J connectivity index is 2.01. The summed E-state index contributed by atoms with van der Waals surface area (Å²) < 4.78 is 0. The lowest BCUT2D eigenvalue weighted by atomic mass is 9.97. The largest absolute Gasteiger partial charge is 0.393 e. The van der Waals surface area contributed by atoms with Gasteiger partial charge in [-0.05, 0) is 56.7 Å². The molecule has 1 aromatic rings. The third kappa shape index (κ3) is 1.92. The summed E-state index contributed by atoms with van der Waals surface area (Å²) in [5.74, 6) is 0. The minimum atomic E-state index is -0.122. The lowest BCUT2D eigenvalue weighted by Crippen LogP contribution is -2.45. The highest BCUT2D eigenvalue weighted by Crippen LogP contribution is 2.43.